The predicted octanol–water partition coefficient (Wildman–Crippen LogP) is 3.03. The Bertz CT molecular complexity index is 641. The van der Waals surface area contributed by atoms with Gasteiger partial charge in [-0.3, -0.25) is 0 Å². The molecule has 0 aliphatic carbocycles. The van der Waals surface area contributed by atoms with Crippen molar-refractivity contribution < 1.29 is 18.9 Å². The molecule has 1 N–H and O–H groups in total. The lowest BCUT2D eigenvalue weighted by Crippen LogP contribution is -2.41. The summed E-state index contributed by atoms with van der Waals surface area (Å²) in [5, 5.41) is 3.30. The second-order valence-corrected chi connectivity index (χ2v) is 5.82. The molecular weight excluding hydrogens is 318 g/mol. The third-order valence-electron chi connectivity index (χ3n) is 3.89. The van der Waals surface area contributed by atoms with E-state index >= 15 is 0 Å². The number of hydrogen-bond acceptors (Lipinski definition) is 5. The molecule has 0 spiro atoms. The molecule has 25 heavy (non-hydrogen) atoms. The zero-order valence-electron chi connectivity index (χ0n) is 14.6. The van der Waals surface area contributed by atoms with Gasteiger partial charge >= 0.3 is 0 Å². The van der Waals surface area contributed by atoms with Crippen LogP contribution in [0, 0.1) is 0 Å². The van der Waals surface area contributed by atoms with Gasteiger partial charge in [0.25, 0.3) is 0 Å². The minimum Gasteiger partial charge on any atom is -0.490 e. The Balaban J connectivity index is 1.60. The topological polar surface area (TPSA) is 49.0 Å². The highest BCUT2D eigenvalue weighted by Crippen LogP contribution is 2.32. The third kappa shape index (κ3) is 5.37. The van der Waals surface area contributed by atoms with Crippen LogP contribution in [0.1, 0.15) is 12.5 Å². The SMILES string of the molecule is CCOc1cc(OCc2ccccc2)ccc1OCC1CNCCO1. The first-order valence-electron chi connectivity index (χ1n) is 8.74. The normalized spacial score (nSPS) is 17.1. The van der Waals surface area contributed by atoms with Gasteiger partial charge in [-0.05, 0) is 24.6 Å². The number of benzene rings is 2. The monoisotopic (exact) mass is 343 g/mol. The van der Waals surface area contributed by atoms with E-state index in [0.29, 0.717) is 31.3 Å². The van der Waals surface area contributed by atoms with E-state index in [9.17, 15) is 0 Å². The van der Waals surface area contributed by atoms with Crippen LogP contribution in [0.15, 0.2) is 48.5 Å². The summed E-state index contributed by atoms with van der Waals surface area (Å²) < 4.78 is 23.1. The van der Waals surface area contributed by atoms with E-state index in [1.807, 2.05) is 55.5 Å². The Morgan fingerprint density at radius 3 is 2.68 bits per heavy atom. The minimum atomic E-state index is 0.0669. The minimum absolute atomic E-state index is 0.0669. The van der Waals surface area contributed by atoms with Gasteiger partial charge in [-0.25, -0.2) is 0 Å². The number of rotatable bonds is 8. The van der Waals surface area contributed by atoms with Crippen LogP contribution in [-0.4, -0.2) is 39.0 Å². The molecule has 1 heterocycles. The van der Waals surface area contributed by atoms with Gasteiger partial charge in [0.1, 0.15) is 25.1 Å². The lowest BCUT2D eigenvalue weighted by molar-refractivity contribution is -0.000365. The molecule has 2 aromatic rings. The second kappa shape index (κ2) is 9.30. The van der Waals surface area contributed by atoms with E-state index in [1.54, 1.807) is 0 Å². The summed E-state index contributed by atoms with van der Waals surface area (Å²) in [4.78, 5) is 0. The first-order valence-corrected chi connectivity index (χ1v) is 8.74. The van der Waals surface area contributed by atoms with Gasteiger partial charge in [-0.15, -0.1) is 0 Å². The molecule has 1 atom stereocenters. The molecule has 3 rings (SSSR count). The standard InChI is InChI=1S/C20H25NO4/c1-2-22-20-12-17(24-14-16-6-4-3-5-7-16)8-9-19(20)25-15-18-13-21-10-11-23-18/h3-9,12,18,21H,2,10-11,13-15H2,1H3. The molecule has 2 aromatic carbocycles. The van der Waals surface area contributed by atoms with Crippen molar-refractivity contribution in [2.45, 2.75) is 19.6 Å². The van der Waals surface area contributed by atoms with Gasteiger partial charge in [0.15, 0.2) is 11.5 Å². The molecule has 134 valence electrons. The average Bonchev–Trinajstić information content (AvgIpc) is 2.67. The molecule has 5 nitrogen and oxygen atoms in total. The molecule has 1 aliphatic heterocycles. The predicted molar refractivity (Wildman–Crippen MR) is 96.5 cm³/mol. The Morgan fingerprint density at radius 1 is 1.04 bits per heavy atom. The zero-order chi connectivity index (χ0) is 17.3. The Morgan fingerprint density at radius 2 is 1.92 bits per heavy atom. The maximum atomic E-state index is 5.90. The average molecular weight is 343 g/mol. The van der Waals surface area contributed by atoms with E-state index in [0.717, 1.165) is 31.0 Å². The maximum absolute atomic E-state index is 5.90. The van der Waals surface area contributed by atoms with Gasteiger partial charge in [-0.1, -0.05) is 30.3 Å². The van der Waals surface area contributed by atoms with E-state index in [2.05, 4.69) is 5.32 Å². The summed E-state index contributed by atoms with van der Waals surface area (Å²) in [5.41, 5.74) is 1.13. The van der Waals surface area contributed by atoms with E-state index in [-0.39, 0.29) is 6.10 Å². The molecule has 0 radical (unpaired) electrons. The quantitative estimate of drug-likeness (QED) is 0.798. The molecule has 1 aliphatic rings. The fraction of sp³-hybridized carbons (Fsp3) is 0.400. The van der Waals surface area contributed by atoms with Crippen LogP contribution < -0.4 is 19.5 Å². The highest BCUT2D eigenvalue weighted by Gasteiger charge is 2.15. The van der Waals surface area contributed by atoms with Crippen LogP contribution in [0.2, 0.25) is 0 Å². The first-order chi connectivity index (χ1) is 12.3. The zero-order valence-corrected chi connectivity index (χ0v) is 14.6. The van der Waals surface area contributed by atoms with Crippen molar-refractivity contribution in [2.24, 2.45) is 0 Å². The molecular formula is C20H25NO4. The Hall–Kier alpha value is -2.24. The smallest absolute Gasteiger partial charge is 0.164 e. The van der Waals surface area contributed by atoms with Crippen LogP contribution in [0.25, 0.3) is 0 Å². The van der Waals surface area contributed by atoms with Crippen LogP contribution in [0.5, 0.6) is 17.2 Å². The number of ether oxygens (including phenoxy) is 4. The Kier molecular flexibility index (Phi) is 6.54. The van der Waals surface area contributed by atoms with Crippen molar-refractivity contribution in [1.82, 2.24) is 5.32 Å². The van der Waals surface area contributed by atoms with Gasteiger partial charge in [0.2, 0.25) is 0 Å². The van der Waals surface area contributed by atoms with Crippen LogP contribution in [-0.2, 0) is 11.3 Å². The third-order valence-corrected chi connectivity index (χ3v) is 3.89. The van der Waals surface area contributed by atoms with Crippen molar-refractivity contribution in [1.29, 1.82) is 0 Å². The fourth-order valence-electron chi connectivity index (χ4n) is 2.62. The lowest BCUT2D eigenvalue weighted by Gasteiger charge is -2.24. The number of hydrogen-bond donors (Lipinski definition) is 1. The number of nitrogens with one attached hydrogen (secondary N) is 1. The fourth-order valence-corrected chi connectivity index (χ4v) is 2.62. The van der Waals surface area contributed by atoms with Crippen molar-refractivity contribution >= 4 is 0 Å². The summed E-state index contributed by atoms with van der Waals surface area (Å²) in [6, 6.07) is 15.8. The maximum Gasteiger partial charge on any atom is 0.164 e. The van der Waals surface area contributed by atoms with Gasteiger partial charge in [-0.2, -0.15) is 0 Å². The van der Waals surface area contributed by atoms with Crippen molar-refractivity contribution in [3.63, 3.8) is 0 Å². The molecule has 1 unspecified atom stereocenters. The summed E-state index contributed by atoms with van der Waals surface area (Å²) in [6.45, 7) is 5.97. The van der Waals surface area contributed by atoms with Crippen molar-refractivity contribution in [3.05, 3.63) is 54.1 Å². The largest absolute Gasteiger partial charge is 0.490 e. The molecule has 0 aromatic heterocycles. The Labute approximate surface area is 148 Å². The molecule has 0 saturated carbocycles. The van der Waals surface area contributed by atoms with Crippen LogP contribution >= 0.6 is 0 Å². The highest BCUT2D eigenvalue weighted by molar-refractivity contribution is 5.45. The van der Waals surface area contributed by atoms with Gasteiger partial charge in [0, 0.05) is 19.2 Å². The van der Waals surface area contributed by atoms with E-state index in [1.165, 1.54) is 0 Å². The summed E-state index contributed by atoms with van der Waals surface area (Å²) in [5.74, 6) is 2.16. The summed E-state index contributed by atoms with van der Waals surface area (Å²) in [7, 11) is 0. The van der Waals surface area contributed by atoms with E-state index < -0.39 is 0 Å². The summed E-state index contributed by atoms with van der Waals surface area (Å²) >= 11 is 0. The van der Waals surface area contributed by atoms with Crippen molar-refractivity contribution in [3.8, 4) is 17.2 Å². The number of morpholine rings is 1. The first kappa shape index (κ1) is 17.6. The van der Waals surface area contributed by atoms with Crippen LogP contribution in [0.4, 0.5) is 0 Å². The van der Waals surface area contributed by atoms with Gasteiger partial charge in [0.05, 0.1) is 13.2 Å². The second-order valence-electron chi connectivity index (χ2n) is 5.82. The molecule has 0 bridgehead atoms. The molecule has 5 heteroatoms. The lowest BCUT2D eigenvalue weighted by atomic mass is 10.2. The molecule has 0 amide bonds. The van der Waals surface area contributed by atoms with Crippen LogP contribution in [0.3, 0.4) is 0 Å². The van der Waals surface area contributed by atoms with Crippen molar-refractivity contribution in [2.75, 3.05) is 32.9 Å². The van der Waals surface area contributed by atoms with E-state index in [4.69, 9.17) is 18.9 Å². The molecule has 1 saturated heterocycles. The molecule has 1 fully saturated rings. The van der Waals surface area contributed by atoms with Gasteiger partial charge < -0.3 is 24.3 Å². The summed E-state index contributed by atoms with van der Waals surface area (Å²) in [6.07, 6.45) is 0.0669. The highest BCUT2D eigenvalue weighted by atomic mass is 16.5.